The number of nitrogens with one attached hydrogen (secondary N) is 1. The molecule has 0 aliphatic rings. The van der Waals surface area contributed by atoms with Gasteiger partial charge in [0.15, 0.2) is 0 Å². The molecule has 21 heavy (non-hydrogen) atoms. The zero-order chi connectivity index (χ0) is 15.2. The summed E-state index contributed by atoms with van der Waals surface area (Å²) in [6, 6.07) is 14.8. The van der Waals surface area contributed by atoms with Gasteiger partial charge in [-0.05, 0) is 77.6 Å². The Kier molecular flexibility index (Phi) is 5.38. The van der Waals surface area contributed by atoms with Crippen molar-refractivity contribution in [1.29, 1.82) is 0 Å². The Morgan fingerprint density at radius 3 is 2.62 bits per heavy atom. The predicted octanol–water partition coefficient (Wildman–Crippen LogP) is 4.50. The van der Waals surface area contributed by atoms with Gasteiger partial charge >= 0.3 is 0 Å². The van der Waals surface area contributed by atoms with E-state index in [4.69, 9.17) is 4.74 Å². The number of anilines is 1. The van der Waals surface area contributed by atoms with Crippen molar-refractivity contribution < 1.29 is 9.53 Å². The van der Waals surface area contributed by atoms with Gasteiger partial charge in [-0.3, -0.25) is 4.79 Å². The molecule has 0 fully saturated rings. The molecule has 0 heterocycles. The number of ether oxygens (including phenoxy) is 1. The summed E-state index contributed by atoms with van der Waals surface area (Å²) in [6.07, 6.45) is 0. The maximum atomic E-state index is 12.2. The number of rotatable bonds is 5. The number of halogens is 1. The highest BCUT2D eigenvalue weighted by Crippen LogP contribution is 2.16. The Hall–Kier alpha value is -1.82. The van der Waals surface area contributed by atoms with Crippen molar-refractivity contribution in [2.75, 3.05) is 11.9 Å². The number of carbonyl (C=O) groups excluding carboxylic acids is 1. The summed E-state index contributed by atoms with van der Waals surface area (Å²) in [5, 5.41) is 2.86. The summed E-state index contributed by atoms with van der Waals surface area (Å²) >= 11 is 2.22. The van der Waals surface area contributed by atoms with Gasteiger partial charge in [-0.1, -0.05) is 12.6 Å². The molecule has 2 aromatic rings. The van der Waals surface area contributed by atoms with Crippen molar-refractivity contribution in [1.82, 2.24) is 0 Å². The normalized spacial score (nSPS) is 10.0. The molecule has 1 amide bonds. The fraction of sp³-hybridized carbons (Fsp3) is 0.118. The summed E-state index contributed by atoms with van der Waals surface area (Å²) in [5.74, 6) is 0.505. The Bertz CT molecular complexity index is 650. The Morgan fingerprint density at radius 1 is 1.24 bits per heavy atom. The first-order valence-corrected chi connectivity index (χ1v) is 7.56. The molecule has 0 aliphatic carbocycles. The van der Waals surface area contributed by atoms with Crippen LogP contribution in [0.1, 0.15) is 17.3 Å². The molecular weight excluding hydrogens is 377 g/mol. The van der Waals surface area contributed by atoms with Crippen LogP contribution >= 0.6 is 22.6 Å². The number of amides is 1. The molecule has 2 rings (SSSR count). The SMILES string of the molecule is C=C(C)COc1cccc(C(=O)Nc2ccc(I)cc2)c1. The molecule has 1 N–H and O–H groups in total. The number of carbonyl (C=O) groups is 1. The minimum atomic E-state index is -0.156. The van der Waals surface area contributed by atoms with E-state index in [1.807, 2.05) is 37.3 Å². The minimum absolute atomic E-state index is 0.156. The highest BCUT2D eigenvalue weighted by molar-refractivity contribution is 14.1. The van der Waals surface area contributed by atoms with Crippen LogP contribution < -0.4 is 10.1 Å². The van der Waals surface area contributed by atoms with Gasteiger partial charge in [-0.15, -0.1) is 0 Å². The van der Waals surface area contributed by atoms with E-state index in [2.05, 4.69) is 34.5 Å². The third kappa shape index (κ3) is 4.90. The molecule has 0 saturated carbocycles. The van der Waals surface area contributed by atoms with Crippen LogP contribution in [0.2, 0.25) is 0 Å². The molecular formula is C17H16INO2. The zero-order valence-electron chi connectivity index (χ0n) is 11.7. The van der Waals surface area contributed by atoms with Gasteiger partial charge in [0, 0.05) is 14.8 Å². The maximum absolute atomic E-state index is 12.2. The van der Waals surface area contributed by atoms with Gasteiger partial charge in [0.25, 0.3) is 5.91 Å². The smallest absolute Gasteiger partial charge is 0.255 e. The lowest BCUT2D eigenvalue weighted by Gasteiger charge is -2.09. The van der Waals surface area contributed by atoms with E-state index in [0.29, 0.717) is 17.9 Å². The van der Waals surface area contributed by atoms with E-state index in [1.165, 1.54) is 0 Å². The van der Waals surface area contributed by atoms with Gasteiger partial charge in [-0.2, -0.15) is 0 Å². The van der Waals surface area contributed by atoms with Gasteiger partial charge in [0.1, 0.15) is 12.4 Å². The maximum Gasteiger partial charge on any atom is 0.255 e. The van der Waals surface area contributed by atoms with Crippen molar-refractivity contribution in [3.8, 4) is 5.75 Å². The van der Waals surface area contributed by atoms with E-state index in [9.17, 15) is 4.79 Å². The van der Waals surface area contributed by atoms with Crippen molar-refractivity contribution in [3.05, 3.63) is 69.8 Å². The standard InChI is InChI=1S/C17H16INO2/c1-12(2)11-21-16-5-3-4-13(10-16)17(20)19-15-8-6-14(18)7-9-15/h3-10H,1,11H2,2H3,(H,19,20). The molecule has 2 aromatic carbocycles. The Balaban J connectivity index is 2.06. The van der Waals surface area contributed by atoms with Crippen LogP contribution in [0.25, 0.3) is 0 Å². The number of hydrogen-bond donors (Lipinski definition) is 1. The minimum Gasteiger partial charge on any atom is -0.489 e. The van der Waals surface area contributed by atoms with Crippen LogP contribution in [-0.4, -0.2) is 12.5 Å². The first kappa shape index (κ1) is 15.6. The quantitative estimate of drug-likeness (QED) is 0.600. The second-order valence-corrected chi connectivity index (χ2v) is 5.98. The van der Waals surface area contributed by atoms with Gasteiger partial charge in [-0.25, -0.2) is 0 Å². The van der Waals surface area contributed by atoms with Crippen LogP contribution in [0.5, 0.6) is 5.75 Å². The first-order valence-electron chi connectivity index (χ1n) is 6.49. The fourth-order valence-electron chi connectivity index (χ4n) is 1.67. The second kappa shape index (κ2) is 7.26. The fourth-order valence-corrected chi connectivity index (χ4v) is 2.03. The van der Waals surface area contributed by atoms with Gasteiger partial charge in [0.05, 0.1) is 0 Å². The van der Waals surface area contributed by atoms with Crippen LogP contribution in [0, 0.1) is 3.57 Å². The number of hydrogen-bond acceptors (Lipinski definition) is 2. The predicted molar refractivity (Wildman–Crippen MR) is 93.9 cm³/mol. The largest absolute Gasteiger partial charge is 0.489 e. The Labute approximate surface area is 138 Å². The summed E-state index contributed by atoms with van der Waals surface area (Å²) in [7, 11) is 0. The van der Waals surface area contributed by atoms with E-state index in [1.54, 1.807) is 18.2 Å². The lowest BCUT2D eigenvalue weighted by Crippen LogP contribution is -2.12. The average molecular weight is 393 g/mol. The molecule has 0 radical (unpaired) electrons. The van der Waals surface area contributed by atoms with E-state index < -0.39 is 0 Å². The van der Waals surface area contributed by atoms with E-state index >= 15 is 0 Å². The zero-order valence-corrected chi connectivity index (χ0v) is 13.9. The molecule has 4 heteroatoms. The molecule has 108 valence electrons. The van der Waals surface area contributed by atoms with E-state index in [-0.39, 0.29) is 5.91 Å². The molecule has 0 saturated heterocycles. The van der Waals surface area contributed by atoms with Gasteiger partial charge < -0.3 is 10.1 Å². The average Bonchev–Trinajstić information content (AvgIpc) is 2.48. The number of benzene rings is 2. The second-order valence-electron chi connectivity index (χ2n) is 4.73. The van der Waals surface area contributed by atoms with Crippen molar-refractivity contribution in [2.45, 2.75) is 6.92 Å². The molecule has 0 aromatic heterocycles. The molecule has 3 nitrogen and oxygen atoms in total. The molecule has 0 aliphatic heterocycles. The molecule has 0 unspecified atom stereocenters. The van der Waals surface area contributed by atoms with Gasteiger partial charge in [0.2, 0.25) is 0 Å². The first-order chi connectivity index (χ1) is 10.0. The van der Waals surface area contributed by atoms with Crippen molar-refractivity contribution in [2.24, 2.45) is 0 Å². The summed E-state index contributed by atoms with van der Waals surface area (Å²) < 4.78 is 6.67. The van der Waals surface area contributed by atoms with Crippen molar-refractivity contribution in [3.63, 3.8) is 0 Å². The van der Waals surface area contributed by atoms with Crippen LogP contribution in [0.4, 0.5) is 5.69 Å². The van der Waals surface area contributed by atoms with Crippen LogP contribution in [0.15, 0.2) is 60.7 Å². The molecule has 0 atom stereocenters. The van der Waals surface area contributed by atoms with Crippen molar-refractivity contribution >= 4 is 34.2 Å². The molecule has 0 spiro atoms. The highest BCUT2D eigenvalue weighted by Gasteiger charge is 2.07. The Morgan fingerprint density at radius 2 is 1.95 bits per heavy atom. The monoisotopic (exact) mass is 393 g/mol. The lowest BCUT2D eigenvalue weighted by molar-refractivity contribution is 0.102. The summed E-state index contributed by atoms with van der Waals surface area (Å²) in [4.78, 5) is 12.2. The third-order valence-corrected chi connectivity index (χ3v) is 3.40. The summed E-state index contributed by atoms with van der Waals surface area (Å²) in [5.41, 5.74) is 2.27. The highest BCUT2D eigenvalue weighted by atomic mass is 127. The third-order valence-electron chi connectivity index (χ3n) is 2.68. The summed E-state index contributed by atoms with van der Waals surface area (Å²) in [6.45, 7) is 6.13. The van der Waals surface area contributed by atoms with Crippen LogP contribution in [-0.2, 0) is 0 Å². The van der Waals surface area contributed by atoms with E-state index in [0.717, 1.165) is 14.8 Å². The van der Waals surface area contributed by atoms with Crippen LogP contribution in [0.3, 0.4) is 0 Å². The lowest BCUT2D eigenvalue weighted by atomic mass is 10.2. The topological polar surface area (TPSA) is 38.3 Å². The molecule has 0 bridgehead atoms.